The third kappa shape index (κ3) is 5.57. The Morgan fingerprint density at radius 3 is 2.04 bits per heavy atom. The van der Waals surface area contributed by atoms with Crippen molar-refractivity contribution < 1.29 is 0 Å². The number of hydrogen-bond donors (Lipinski definition) is 0. The molecule has 0 unspecified atom stereocenters. The molecule has 2 aliphatic carbocycles. The van der Waals surface area contributed by atoms with Crippen molar-refractivity contribution in [2.45, 2.75) is 110 Å². The summed E-state index contributed by atoms with van der Waals surface area (Å²) in [6, 6.07) is 4.66. The maximum absolute atomic E-state index is 4.83. The van der Waals surface area contributed by atoms with Crippen LogP contribution < -0.4 is 0 Å². The highest BCUT2D eigenvalue weighted by Crippen LogP contribution is 2.44. The zero-order valence-electron chi connectivity index (χ0n) is 17.4. The van der Waals surface area contributed by atoms with E-state index in [0.717, 1.165) is 23.7 Å². The van der Waals surface area contributed by atoms with Crippen molar-refractivity contribution in [1.29, 1.82) is 0 Å². The van der Waals surface area contributed by atoms with Crippen molar-refractivity contribution in [3.8, 4) is 0 Å². The second-order valence-electron chi connectivity index (χ2n) is 9.23. The number of aromatic nitrogens is 1. The van der Waals surface area contributed by atoms with Gasteiger partial charge in [-0.05, 0) is 80.8 Å². The van der Waals surface area contributed by atoms with Gasteiger partial charge in [0.2, 0.25) is 0 Å². The molecule has 2 saturated carbocycles. The Labute approximate surface area is 162 Å². The van der Waals surface area contributed by atoms with Gasteiger partial charge in [-0.15, -0.1) is 0 Å². The lowest BCUT2D eigenvalue weighted by Gasteiger charge is -2.37. The second kappa shape index (κ2) is 10.5. The van der Waals surface area contributed by atoms with Gasteiger partial charge in [-0.2, -0.15) is 0 Å². The van der Waals surface area contributed by atoms with Crippen molar-refractivity contribution >= 4 is 0 Å². The van der Waals surface area contributed by atoms with Crippen LogP contribution in [0.5, 0.6) is 0 Å². The van der Waals surface area contributed by atoms with Crippen LogP contribution in [0.25, 0.3) is 0 Å². The van der Waals surface area contributed by atoms with E-state index in [1.165, 1.54) is 101 Å². The van der Waals surface area contributed by atoms with Gasteiger partial charge in [0.25, 0.3) is 0 Å². The van der Waals surface area contributed by atoms with Crippen LogP contribution >= 0.6 is 0 Å². The molecule has 0 spiro atoms. The number of unbranched alkanes of at least 4 members (excludes halogenated alkanes) is 2. The first-order chi connectivity index (χ1) is 12.8. The summed E-state index contributed by atoms with van der Waals surface area (Å²) in [5.74, 6) is 3.84. The Morgan fingerprint density at radius 1 is 0.808 bits per heavy atom. The minimum Gasteiger partial charge on any atom is -0.261 e. The number of rotatable bonds is 8. The number of nitrogens with zero attached hydrogens (tertiary/aromatic N) is 1. The van der Waals surface area contributed by atoms with Gasteiger partial charge in [0.15, 0.2) is 0 Å². The van der Waals surface area contributed by atoms with Crippen molar-refractivity contribution in [1.82, 2.24) is 4.98 Å². The minimum atomic E-state index is 0.729. The Morgan fingerprint density at radius 2 is 1.46 bits per heavy atom. The van der Waals surface area contributed by atoms with Gasteiger partial charge in [-0.1, -0.05) is 58.4 Å². The molecule has 1 aromatic heterocycles. The highest BCUT2D eigenvalue weighted by atomic mass is 14.7. The molecular weight excluding hydrogens is 314 g/mol. The molecule has 2 fully saturated rings. The number of hydrogen-bond acceptors (Lipinski definition) is 1. The van der Waals surface area contributed by atoms with Crippen LogP contribution in [0.15, 0.2) is 18.3 Å². The van der Waals surface area contributed by atoms with Gasteiger partial charge >= 0.3 is 0 Å². The molecule has 1 aromatic rings. The maximum Gasteiger partial charge on any atom is 0.0434 e. The van der Waals surface area contributed by atoms with Gasteiger partial charge in [-0.3, -0.25) is 4.98 Å². The molecule has 1 heteroatoms. The summed E-state index contributed by atoms with van der Waals surface area (Å²) in [7, 11) is 0. The Bertz CT molecular complexity index is 489. The van der Waals surface area contributed by atoms with Crippen LogP contribution in [0.4, 0.5) is 0 Å². The first kappa shape index (κ1) is 19.9. The Kier molecular flexibility index (Phi) is 8.02. The molecular formula is C25H41N. The van der Waals surface area contributed by atoms with Crippen LogP contribution in [0.2, 0.25) is 0 Å². The molecule has 0 aliphatic heterocycles. The lowest BCUT2D eigenvalue weighted by atomic mass is 9.68. The summed E-state index contributed by atoms with van der Waals surface area (Å²) >= 11 is 0. The predicted molar refractivity (Wildman–Crippen MR) is 113 cm³/mol. The van der Waals surface area contributed by atoms with Crippen LogP contribution in [0.1, 0.15) is 114 Å². The predicted octanol–water partition coefficient (Wildman–Crippen LogP) is 7.69. The van der Waals surface area contributed by atoms with Crippen molar-refractivity contribution in [2.75, 3.05) is 0 Å². The lowest BCUT2D eigenvalue weighted by molar-refractivity contribution is 0.155. The summed E-state index contributed by atoms with van der Waals surface area (Å²) < 4.78 is 0. The summed E-state index contributed by atoms with van der Waals surface area (Å²) in [5, 5.41) is 0. The molecule has 0 saturated heterocycles. The fraction of sp³-hybridized carbons (Fsp3) is 0.800. The smallest absolute Gasteiger partial charge is 0.0434 e. The average molecular weight is 356 g/mol. The standard InChI is InChI=1S/C25H41N/c1-3-5-7-20-9-12-22(13-10-20)23-14-16-24(17-15-23)25-18-11-21(19-26-25)8-6-4-2/h11,18-20,22-24H,3-10,12-17H2,1-2H3/t20-,22-,23-,24-. The monoisotopic (exact) mass is 355 g/mol. The van der Waals surface area contributed by atoms with E-state index >= 15 is 0 Å². The van der Waals surface area contributed by atoms with E-state index in [1.54, 1.807) is 0 Å². The van der Waals surface area contributed by atoms with E-state index in [1.807, 2.05) is 0 Å². The topological polar surface area (TPSA) is 12.9 Å². The molecule has 1 nitrogen and oxygen atoms in total. The molecule has 1 heterocycles. The van der Waals surface area contributed by atoms with E-state index in [4.69, 9.17) is 4.98 Å². The van der Waals surface area contributed by atoms with E-state index < -0.39 is 0 Å². The zero-order chi connectivity index (χ0) is 18.2. The van der Waals surface area contributed by atoms with Gasteiger partial charge in [-0.25, -0.2) is 0 Å². The van der Waals surface area contributed by atoms with Crippen LogP contribution in [-0.4, -0.2) is 4.98 Å². The quantitative estimate of drug-likeness (QED) is 0.465. The average Bonchev–Trinajstić information content (AvgIpc) is 2.72. The summed E-state index contributed by atoms with van der Waals surface area (Å²) in [4.78, 5) is 4.83. The fourth-order valence-corrected chi connectivity index (χ4v) is 5.53. The molecule has 3 rings (SSSR count). The summed E-state index contributed by atoms with van der Waals surface area (Å²) in [5.41, 5.74) is 2.79. The number of pyridine rings is 1. The van der Waals surface area contributed by atoms with Crippen LogP contribution in [-0.2, 0) is 6.42 Å². The zero-order valence-corrected chi connectivity index (χ0v) is 17.4. The van der Waals surface area contributed by atoms with Gasteiger partial charge in [0, 0.05) is 17.8 Å². The Balaban J connectivity index is 1.41. The SMILES string of the molecule is CCCCc1ccc([C@H]2CC[C@H]([C@H]3CC[C@H](CCCC)CC3)CC2)nc1. The summed E-state index contributed by atoms with van der Waals surface area (Å²) in [6.07, 6.45) is 22.0. The molecule has 2 aliphatic rings. The van der Waals surface area contributed by atoms with Crippen molar-refractivity contribution in [2.24, 2.45) is 17.8 Å². The third-order valence-electron chi connectivity index (χ3n) is 7.38. The highest BCUT2D eigenvalue weighted by molar-refractivity contribution is 5.17. The number of aryl methyl sites for hydroxylation is 1. The van der Waals surface area contributed by atoms with E-state index in [0.29, 0.717) is 0 Å². The maximum atomic E-state index is 4.83. The third-order valence-corrected chi connectivity index (χ3v) is 7.38. The van der Waals surface area contributed by atoms with Crippen molar-refractivity contribution in [3.05, 3.63) is 29.6 Å². The van der Waals surface area contributed by atoms with Crippen LogP contribution in [0.3, 0.4) is 0 Å². The fourth-order valence-electron chi connectivity index (χ4n) is 5.53. The molecule has 0 amide bonds. The molecule has 0 radical (unpaired) electrons. The molecule has 0 N–H and O–H groups in total. The summed E-state index contributed by atoms with van der Waals surface area (Å²) in [6.45, 7) is 4.59. The van der Waals surface area contributed by atoms with Gasteiger partial charge in [0.1, 0.15) is 0 Å². The van der Waals surface area contributed by atoms with Gasteiger partial charge in [0.05, 0.1) is 0 Å². The molecule has 146 valence electrons. The first-order valence-electron chi connectivity index (χ1n) is 11.7. The van der Waals surface area contributed by atoms with Crippen molar-refractivity contribution in [3.63, 3.8) is 0 Å². The normalized spacial score (nSPS) is 29.6. The molecule has 0 bridgehead atoms. The van der Waals surface area contributed by atoms with Gasteiger partial charge < -0.3 is 0 Å². The second-order valence-corrected chi connectivity index (χ2v) is 9.23. The van der Waals surface area contributed by atoms with E-state index in [-0.39, 0.29) is 0 Å². The minimum absolute atomic E-state index is 0.729. The van der Waals surface area contributed by atoms with Crippen LogP contribution in [0, 0.1) is 17.8 Å². The highest BCUT2D eigenvalue weighted by Gasteiger charge is 2.31. The van der Waals surface area contributed by atoms with E-state index in [2.05, 4.69) is 32.2 Å². The molecule has 0 aromatic carbocycles. The molecule has 26 heavy (non-hydrogen) atoms. The lowest BCUT2D eigenvalue weighted by Crippen LogP contribution is -2.25. The van der Waals surface area contributed by atoms with E-state index in [9.17, 15) is 0 Å². The first-order valence-corrected chi connectivity index (χ1v) is 11.7. The Hall–Kier alpha value is -0.850. The largest absolute Gasteiger partial charge is 0.261 e. The molecule has 0 atom stereocenters.